The molecule has 4 rings (SSSR count). The number of ether oxygens (including phenoxy) is 1. The summed E-state index contributed by atoms with van der Waals surface area (Å²) < 4.78 is 5.26. The van der Waals surface area contributed by atoms with Crippen LogP contribution in [0.25, 0.3) is 6.08 Å². The van der Waals surface area contributed by atoms with Gasteiger partial charge < -0.3 is 4.74 Å². The lowest BCUT2D eigenvalue weighted by molar-refractivity contribution is -0.122. The Balaban J connectivity index is 1.65. The zero-order valence-electron chi connectivity index (χ0n) is 19.4. The van der Waals surface area contributed by atoms with E-state index < -0.39 is 0 Å². The Kier molecular flexibility index (Phi) is 6.70. The first kappa shape index (κ1) is 22.9. The summed E-state index contributed by atoms with van der Waals surface area (Å²) in [6, 6.07) is 25.9. The van der Waals surface area contributed by atoms with Crippen molar-refractivity contribution in [2.75, 3.05) is 7.11 Å². The molecule has 33 heavy (non-hydrogen) atoms. The van der Waals surface area contributed by atoms with Crippen LogP contribution in [0.15, 0.2) is 88.8 Å². The van der Waals surface area contributed by atoms with E-state index in [0.29, 0.717) is 16.6 Å². The maximum absolute atomic E-state index is 13.4. The van der Waals surface area contributed by atoms with Crippen LogP contribution in [0.1, 0.15) is 37.5 Å². The fourth-order valence-electron chi connectivity index (χ4n) is 3.49. The molecule has 1 fully saturated rings. The number of hydrogen-bond donors (Lipinski definition) is 0. The molecule has 0 aromatic heterocycles. The maximum atomic E-state index is 13.4. The van der Waals surface area contributed by atoms with Crippen LogP contribution in [0.2, 0.25) is 0 Å². The first-order valence-electron chi connectivity index (χ1n) is 10.9. The van der Waals surface area contributed by atoms with Gasteiger partial charge in [-0.1, -0.05) is 75.4 Å². The number of nitrogens with zero attached hydrogens (tertiary/aromatic N) is 2. The standard InChI is InChI=1S/C28H28N2O2S/c1-28(2,3)22-14-10-20(11-15-22)18-25-26(31)30(19-21-12-16-24(32-4)17-13-21)27(33-25)29-23-8-6-5-7-9-23/h5-18H,19H2,1-4H3/b25-18-,29-27?. The predicted octanol–water partition coefficient (Wildman–Crippen LogP) is 6.80. The Morgan fingerprint density at radius 2 is 1.61 bits per heavy atom. The Morgan fingerprint density at radius 1 is 0.939 bits per heavy atom. The number of amides is 1. The molecule has 0 N–H and O–H groups in total. The first-order chi connectivity index (χ1) is 15.8. The van der Waals surface area contributed by atoms with E-state index in [4.69, 9.17) is 9.73 Å². The van der Waals surface area contributed by atoms with Crippen molar-refractivity contribution in [2.45, 2.75) is 32.7 Å². The Morgan fingerprint density at radius 3 is 2.21 bits per heavy atom. The van der Waals surface area contributed by atoms with E-state index in [0.717, 1.165) is 22.6 Å². The van der Waals surface area contributed by atoms with Gasteiger partial charge in [0.25, 0.3) is 5.91 Å². The summed E-state index contributed by atoms with van der Waals surface area (Å²) in [5, 5.41) is 0.680. The summed E-state index contributed by atoms with van der Waals surface area (Å²) in [6.07, 6.45) is 1.95. The minimum Gasteiger partial charge on any atom is -0.497 e. The van der Waals surface area contributed by atoms with Crippen molar-refractivity contribution in [3.8, 4) is 5.75 Å². The quantitative estimate of drug-likeness (QED) is 0.397. The molecule has 0 spiro atoms. The molecule has 1 amide bonds. The summed E-state index contributed by atoms with van der Waals surface area (Å²) in [6.45, 7) is 7.03. The van der Waals surface area contributed by atoms with E-state index in [1.807, 2.05) is 60.7 Å². The van der Waals surface area contributed by atoms with Crippen LogP contribution in [0.4, 0.5) is 5.69 Å². The van der Waals surface area contributed by atoms with Gasteiger partial charge in [-0.25, -0.2) is 4.99 Å². The van der Waals surface area contributed by atoms with E-state index in [-0.39, 0.29) is 11.3 Å². The van der Waals surface area contributed by atoms with Gasteiger partial charge in [-0.3, -0.25) is 9.69 Å². The van der Waals surface area contributed by atoms with Gasteiger partial charge >= 0.3 is 0 Å². The van der Waals surface area contributed by atoms with Crippen molar-refractivity contribution in [3.05, 3.63) is 100 Å². The van der Waals surface area contributed by atoms with Crippen molar-refractivity contribution in [3.63, 3.8) is 0 Å². The Hall–Kier alpha value is -3.31. The molecule has 0 atom stereocenters. The molecule has 0 unspecified atom stereocenters. The molecule has 1 aliphatic heterocycles. The highest BCUT2D eigenvalue weighted by atomic mass is 32.2. The first-order valence-corrected chi connectivity index (χ1v) is 11.7. The van der Waals surface area contributed by atoms with Gasteiger partial charge in [-0.2, -0.15) is 0 Å². The van der Waals surface area contributed by atoms with Crippen molar-refractivity contribution in [1.82, 2.24) is 4.90 Å². The monoisotopic (exact) mass is 456 g/mol. The van der Waals surface area contributed by atoms with E-state index in [1.54, 1.807) is 12.0 Å². The normalized spacial score (nSPS) is 16.6. The van der Waals surface area contributed by atoms with Crippen molar-refractivity contribution < 1.29 is 9.53 Å². The van der Waals surface area contributed by atoms with Crippen LogP contribution in [0.5, 0.6) is 5.75 Å². The number of para-hydroxylation sites is 1. The molecule has 0 saturated carbocycles. The maximum Gasteiger partial charge on any atom is 0.267 e. The highest BCUT2D eigenvalue weighted by Gasteiger charge is 2.33. The minimum absolute atomic E-state index is 0.0367. The molecule has 3 aromatic rings. The summed E-state index contributed by atoms with van der Waals surface area (Å²) in [7, 11) is 1.64. The van der Waals surface area contributed by atoms with E-state index in [1.165, 1.54) is 17.3 Å². The lowest BCUT2D eigenvalue weighted by atomic mass is 9.87. The zero-order valence-corrected chi connectivity index (χ0v) is 20.2. The lowest BCUT2D eigenvalue weighted by Crippen LogP contribution is -2.28. The summed E-state index contributed by atoms with van der Waals surface area (Å²) >= 11 is 1.42. The minimum atomic E-state index is -0.0367. The third kappa shape index (κ3) is 5.55. The molecule has 0 aliphatic carbocycles. The molecule has 0 bridgehead atoms. The lowest BCUT2D eigenvalue weighted by Gasteiger charge is -2.18. The third-order valence-electron chi connectivity index (χ3n) is 5.44. The molecule has 1 saturated heterocycles. The summed E-state index contributed by atoms with van der Waals surface area (Å²) in [5.41, 5.74) is 4.20. The van der Waals surface area contributed by atoms with Crippen LogP contribution >= 0.6 is 11.8 Å². The number of amidine groups is 1. The fraction of sp³-hybridized carbons (Fsp3) is 0.214. The van der Waals surface area contributed by atoms with Crippen LogP contribution in [0.3, 0.4) is 0 Å². The number of thioether (sulfide) groups is 1. The van der Waals surface area contributed by atoms with Gasteiger partial charge in [0.1, 0.15) is 5.75 Å². The molecule has 1 aliphatic rings. The highest BCUT2D eigenvalue weighted by Crippen LogP contribution is 2.35. The molecular weight excluding hydrogens is 428 g/mol. The number of methoxy groups -OCH3 is 1. The van der Waals surface area contributed by atoms with Gasteiger partial charge in [0.15, 0.2) is 5.17 Å². The van der Waals surface area contributed by atoms with Gasteiger partial charge in [0, 0.05) is 0 Å². The van der Waals surface area contributed by atoms with Gasteiger partial charge in [-0.05, 0) is 64.2 Å². The average Bonchev–Trinajstić information content (AvgIpc) is 3.09. The van der Waals surface area contributed by atoms with Crippen LogP contribution in [-0.2, 0) is 16.8 Å². The molecule has 1 heterocycles. The van der Waals surface area contributed by atoms with Gasteiger partial charge in [0.2, 0.25) is 0 Å². The SMILES string of the molecule is COc1ccc(CN2C(=O)/C(=C/c3ccc(C(C)(C)C)cc3)SC2=Nc2ccccc2)cc1. The van der Waals surface area contributed by atoms with Crippen molar-refractivity contribution >= 4 is 34.6 Å². The molecule has 4 nitrogen and oxygen atoms in total. The second kappa shape index (κ2) is 9.67. The van der Waals surface area contributed by atoms with E-state index >= 15 is 0 Å². The second-order valence-corrected chi connectivity index (χ2v) is 9.96. The highest BCUT2D eigenvalue weighted by molar-refractivity contribution is 8.18. The number of hydrogen-bond acceptors (Lipinski definition) is 4. The number of carbonyl (C=O) groups excluding carboxylic acids is 1. The number of benzene rings is 3. The van der Waals surface area contributed by atoms with Crippen molar-refractivity contribution in [1.29, 1.82) is 0 Å². The van der Waals surface area contributed by atoms with Crippen LogP contribution in [-0.4, -0.2) is 23.1 Å². The number of rotatable bonds is 5. The topological polar surface area (TPSA) is 41.9 Å². The molecular formula is C28H28N2O2S. The van der Waals surface area contributed by atoms with Gasteiger partial charge in [0.05, 0.1) is 24.2 Å². The fourth-order valence-corrected chi connectivity index (χ4v) is 4.49. The number of aliphatic imine (C=N–C) groups is 1. The largest absolute Gasteiger partial charge is 0.497 e. The molecule has 5 heteroatoms. The third-order valence-corrected chi connectivity index (χ3v) is 6.45. The Bertz CT molecular complexity index is 1180. The average molecular weight is 457 g/mol. The van der Waals surface area contributed by atoms with Crippen LogP contribution in [0, 0.1) is 0 Å². The van der Waals surface area contributed by atoms with E-state index in [2.05, 4.69) is 45.0 Å². The predicted molar refractivity (Wildman–Crippen MR) is 138 cm³/mol. The number of carbonyl (C=O) groups is 1. The van der Waals surface area contributed by atoms with Crippen molar-refractivity contribution in [2.24, 2.45) is 4.99 Å². The Labute approximate surface area is 200 Å². The summed E-state index contributed by atoms with van der Waals surface area (Å²) in [4.78, 5) is 20.6. The molecule has 0 radical (unpaired) electrons. The second-order valence-electron chi connectivity index (χ2n) is 8.95. The van der Waals surface area contributed by atoms with Gasteiger partial charge in [-0.15, -0.1) is 0 Å². The van der Waals surface area contributed by atoms with Crippen LogP contribution < -0.4 is 4.74 Å². The smallest absolute Gasteiger partial charge is 0.267 e. The summed E-state index contributed by atoms with van der Waals surface area (Å²) in [5.74, 6) is 0.753. The molecule has 168 valence electrons. The van der Waals surface area contributed by atoms with E-state index in [9.17, 15) is 4.79 Å². The zero-order chi connectivity index (χ0) is 23.4. The molecule has 3 aromatic carbocycles.